The summed E-state index contributed by atoms with van der Waals surface area (Å²) in [5.74, 6) is -0.197. The Hall–Kier alpha value is -1.83. The molecule has 0 aromatic heterocycles. The fourth-order valence-electron chi connectivity index (χ4n) is 1.71. The molecule has 0 aliphatic rings. The van der Waals surface area contributed by atoms with E-state index < -0.39 is 0 Å². The van der Waals surface area contributed by atoms with E-state index in [1.54, 1.807) is 13.0 Å². The lowest BCUT2D eigenvalue weighted by Crippen LogP contribution is -1.92. The third kappa shape index (κ3) is 4.69. The number of nitrogens with two attached hydrogens (primary N) is 1. The van der Waals surface area contributed by atoms with Crippen molar-refractivity contribution in [2.24, 2.45) is 0 Å². The molecule has 0 aliphatic carbocycles. The summed E-state index contributed by atoms with van der Waals surface area (Å²) in [7, 11) is 0. The van der Waals surface area contributed by atoms with Gasteiger partial charge in [-0.15, -0.1) is 0 Å². The average molecular weight is 275 g/mol. The largest absolute Gasteiger partial charge is 0.398 e. The molecule has 2 N–H and O–H groups in total. The zero-order valence-corrected chi connectivity index (χ0v) is 13.4. The van der Waals surface area contributed by atoms with Crippen LogP contribution in [0.3, 0.4) is 0 Å². The van der Waals surface area contributed by atoms with Gasteiger partial charge in [0.1, 0.15) is 5.82 Å². The first-order chi connectivity index (χ1) is 9.58. The molecule has 0 aliphatic heterocycles. The maximum Gasteiger partial charge on any atom is 0.126 e. The van der Waals surface area contributed by atoms with Gasteiger partial charge in [0.05, 0.1) is 0 Å². The van der Waals surface area contributed by atoms with Gasteiger partial charge in [0.2, 0.25) is 0 Å². The summed E-state index contributed by atoms with van der Waals surface area (Å²) in [6, 6.07) is 11.0. The second-order valence-electron chi connectivity index (χ2n) is 4.05. The molecule has 2 aromatic carbocycles. The number of benzene rings is 2. The molecule has 0 atom stereocenters. The van der Waals surface area contributed by atoms with E-state index in [1.807, 2.05) is 58.9 Å². The smallest absolute Gasteiger partial charge is 0.126 e. The maximum absolute atomic E-state index is 13.4. The summed E-state index contributed by atoms with van der Waals surface area (Å²) in [6.45, 7) is 11.7. The molecule has 0 saturated heterocycles. The van der Waals surface area contributed by atoms with Gasteiger partial charge in [0.25, 0.3) is 0 Å². The minimum Gasteiger partial charge on any atom is -0.398 e. The van der Waals surface area contributed by atoms with Gasteiger partial charge in [-0.2, -0.15) is 0 Å². The van der Waals surface area contributed by atoms with E-state index in [-0.39, 0.29) is 5.82 Å². The molecule has 2 rings (SSSR count). The quantitative estimate of drug-likeness (QED) is 0.659. The second-order valence-corrected chi connectivity index (χ2v) is 4.05. The first-order valence-electron chi connectivity index (χ1n) is 7.20. The molecule has 0 radical (unpaired) electrons. The Morgan fingerprint density at radius 2 is 1.45 bits per heavy atom. The van der Waals surface area contributed by atoms with Crippen molar-refractivity contribution in [3.05, 3.63) is 53.3 Å². The molecule has 0 amide bonds. The number of hydrogen-bond donors (Lipinski definition) is 1. The van der Waals surface area contributed by atoms with Gasteiger partial charge in [0.15, 0.2) is 0 Å². The minimum atomic E-state index is -0.197. The zero-order valence-electron chi connectivity index (χ0n) is 13.4. The molecular formula is C18H26FN. The summed E-state index contributed by atoms with van der Waals surface area (Å²) < 4.78 is 13.4. The lowest BCUT2D eigenvalue weighted by Gasteiger charge is -2.07. The Morgan fingerprint density at radius 3 is 1.95 bits per heavy atom. The first kappa shape index (κ1) is 18.2. The SMILES string of the molecule is CC.CC.Cc1ccc(-c2ccc(C)c(F)c2)c(N)c1. The maximum atomic E-state index is 13.4. The number of anilines is 1. The molecule has 0 unspecified atom stereocenters. The van der Waals surface area contributed by atoms with Crippen molar-refractivity contribution in [3.8, 4) is 11.1 Å². The van der Waals surface area contributed by atoms with Crippen molar-refractivity contribution < 1.29 is 4.39 Å². The van der Waals surface area contributed by atoms with Gasteiger partial charge >= 0.3 is 0 Å². The Balaban J connectivity index is 0.000000829. The third-order valence-electron chi connectivity index (χ3n) is 2.69. The molecule has 0 heterocycles. The van der Waals surface area contributed by atoms with E-state index in [2.05, 4.69) is 0 Å². The highest BCUT2D eigenvalue weighted by Gasteiger charge is 2.05. The summed E-state index contributed by atoms with van der Waals surface area (Å²) in [4.78, 5) is 0. The minimum absolute atomic E-state index is 0.197. The monoisotopic (exact) mass is 275 g/mol. The van der Waals surface area contributed by atoms with Crippen LogP contribution in [0.1, 0.15) is 38.8 Å². The van der Waals surface area contributed by atoms with Crippen LogP contribution >= 0.6 is 0 Å². The number of halogens is 1. The van der Waals surface area contributed by atoms with Crippen LogP contribution in [0.15, 0.2) is 36.4 Å². The Bertz CT molecular complexity index is 533. The molecule has 2 aromatic rings. The predicted molar refractivity (Wildman–Crippen MR) is 88.4 cm³/mol. The molecule has 110 valence electrons. The van der Waals surface area contributed by atoms with E-state index in [9.17, 15) is 4.39 Å². The van der Waals surface area contributed by atoms with Gasteiger partial charge in [-0.1, -0.05) is 52.0 Å². The van der Waals surface area contributed by atoms with Crippen LogP contribution in [0, 0.1) is 19.7 Å². The van der Waals surface area contributed by atoms with Crippen LogP contribution in [0.4, 0.5) is 10.1 Å². The van der Waals surface area contributed by atoms with Crippen LogP contribution < -0.4 is 5.73 Å². The summed E-state index contributed by atoms with van der Waals surface area (Å²) >= 11 is 0. The van der Waals surface area contributed by atoms with Crippen molar-refractivity contribution in [2.45, 2.75) is 41.5 Å². The van der Waals surface area contributed by atoms with Gasteiger partial charge in [0, 0.05) is 11.3 Å². The highest BCUT2D eigenvalue weighted by molar-refractivity contribution is 5.76. The third-order valence-corrected chi connectivity index (χ3v) is 2.69. The Labute approximate surface area is 122 Å². The molecule has 20 heavy (non-hydrogen) atoms. The molecule has 0 fully saturated rings. The predicted octanol–water partition coefficient (Wildman–Crippen LogP) is 5.74. The van der Waals surface area contributed by atoms with E-state index >= 15 is 0 Å². The molecule has 2 heteroatoms. The summed E-state index contributed by atoms with van der Waals surface area (Å²) in [6.07, 6.45) is 0. The molecule has 1 nitrogen and oxygen atoms in total. The number of aryl methyl sites for hydroxylation is 2. The van der Waals surface area contributed by atoms with Crippen molar-refractivity contribution in [1.29, 1.82) is 0 Å². The molecular weight excluding hydrogens is 249 g/mol. The Morgan fingerprint density at radius 1 is 0.850 bits per heavy atom. The summed E-state index contributed by atoms with van der Waals surface area (Å²) in [5.41, 5.74) is 10.1. The van der Waals surface area contributed by atoms with Crippen molar-refractivity contribution in [3.63, 3.8) is 0 Å². The van der Waals surface area contributed by atoms with Crippen LogP contribution in [-0.2, 0) is 0 Å². The van der Waals surface area contributed by atoms with Crippen LogP contribution in [0.25, 0.3) is 11.1 Å². The van der Waals surface area contributed by atoms with Crippen LogP contribution in [0.2, 0.25) is 0 Å². The van der Waals surface area contributed by atoms with Gasteiger partial charge in [-0.3, -0.25) is 0 Å². The molecule has 0 saturated carbocycles. The van der Waals surface area contributed by atoms with Crippen molar-refractivity contribution in [1.82, 2.24) is 0 Å². The van der Waals surface area contributed by atoms with E-state index in [4.69, 9.17) is 5.73 Å². The fourth-order valence-corrected chi connectivity index (χ4v) is 1.71. The van der Waals surface area contributed by atoms with Gasteiger partial charge in [-0.25, -0.2) is 4.39 Å². The summed E-state index contributed by atoms with van der Waals surface area (Å²) in [5, 5.41) is 0. The van der Waals surface area contributed by atoms with E-state index in [0.717, 1.165) is 16.7 Å². The highest BCUT2D eigenvalue weighted by atomic mass is 19.1. The van der Waals surface area contributed by atoms with Gasteiger partial charge < -0.3 is 5.73 Å². The van der Waals surface area contributed by atoms with E-state index in [0.29, 0.717) is 11.3 Å². The van der Waals surface area contributed by atoms with Crippen molar-refractivity contribution in [2.75, 3.05) is 5.73 Å². The average Bonchev–Trinajstić information content (AvgIpc) is 2.46. The number of nitrogen functional groups attached to an aromatic ring is 1. The van der Waals surface area contributed by atoms with Gasteiger partial charge in [-0.05, 0) is 42.7 Å². The topological polar surface area (TPSA) is 26.0 Å². The zero-order chi connectivity index (χ0) is 15.7. The van der Waals surface area contributed by atoms with Crippen LogP contribution in [-0.4, -0.2) is 0 Å². The Kier molecular flexibility index (Phi) is 8.30. The standard InChI is InChI=1S/C14H14FN.2C2H6/c1-9-3-6-12(14(16)7-9)11-5-4-10(2)13(15)8-11;2*1-2/h3-8H,16H2,1-2H3;2*1-2H3. The van der Waals surface area contributed by atoms with Crippen molar-refractivity contribution >= 4 is 5.69 Å². The normalized spacial score (nSPS) is 8.95. The first-order valence-corrected chi connectivity index (χ1v) is 7.20. The number of hydrogen-bond acceptors (Lipinski definition) is 1. The number of rotatable bonds is 1. The fraction of sp³-hybridized carbons (Fsp3) is 0.333. The molecule has 0 bridgehead atoms. The lowest BCUT2D eigenvalue weighted by atomic mass is 10.0. The van der Waals surface area contributed by atoms with Crippen LogP contribution in [0.5, 0.6) is 0 Å². The highest BCUT2D eigenvalue weighted by Crippen LogP contribution is 2.27. The molecule has 0 spiro atoms. The lowest BCUT2D eigenvalue weighted by molar-refractivity contribution is 0.619. The van der Waals surface area contributed by atoms with E-state index in [1.165, 1.54) is 6.07 Å². The second kappa shape index (κ2) is 9.13.